The lowest BCUT2D eigenvalue weighted by Gasteiger charge is -2.12. The lowest BCUT2D eigenvalue weighted by Crippen LogP contribution is -2.04. The second-order valence-corrected chi connectivity index (χ2v) is 12.6. The van der Waals surface area contributed by atoms with Crippen molar-refractivity contribution in [3.8, 4) is 11.4 Å². The number of benzene rings is 2. The number of anilines is 3. The fourth-order valence-electron chi connectivity index (χ4n) is 2.70. The molecule has 1 aromatic heterocycles. The predicted molar refractivity (Wildman–Crippen MR) is 159 cm³/mol. The number of azo groups is 1. The van der Waals surface area contributed by atoms with Crippen molar-refractivity contribution in [2.24, 2.45) is 10.2 Å². The zero-order valence-corrected chi connectivity index (χ0v) is 26.6. The first-order chi connectivity index (χ1) is 21.1. The highest BCUT2D eigenvalue weighted by Crippen LogP contribution is 2.39. The molecule has 27 heteroatoms. The number of nitrogen functional groups attached to an aromatic ring is 1. The van der Waals surface area contributed by atoms with Crippen LogP contribution in [0.2, 0.25) is 5.28 Å². The molecule has 0 aliphatic heterocycles. The minimum Gasteiger partial charge on any atom is -0.481 e. The molecule has 0 amide bonds. The number of rotatable bonds is 14. The number of carboxylic acids is 1. The smallest absolute Gasteiger partial charge is 0.433 e. The summed E-state index contributed by atoms with van der Waals surface area (Å²) in [6.45, 7) is 0. The SMILES string of the molecule is Nc1cc(Nc2nc(Cl)nc(SCC(=O)O)n2)c(N=Nc2ccc(SC#COOS(=O)(=O)O)cc2S(=O)(=O)O)cc1SOOO.O. The monoisotopic (exact) mass is 761 g/mol. The van der Waals surface area contributed by atoms with Gasteiger partial charge in [0.05, 0.1) is 28.4 Å². The maximum absolute atomic E-state index is 12.1. The third-order valence-electron chi connectivity index (χ3n) is 4.29. The number of thioether (sulfide) groups is 2. The maximum atomic E-state index is 12.1. The van der Waals surface area contributed by atoms with Crippen LogP contribution in [-0.4, -0.2) is 68.5 Å². The van der Waals surface area contributed by atoms with E-state index in [4.69, 9.17) is 32.3 Å². The van der Waals surface area contributed by atoms with Gasteiger partial charge in [-0.05, 0) is 58.0 Å². The number of halogens is 1. The van der Waals surface area contributed by atoms with Crippen molar-refractivity contribution in [2.75, 3.05) is 16.8 Å². The summed E-state index contributed by atoms with van der Waals surface area (Å²) in [4.78, 5) is 26.2. The summed E-state index contributed by atoms with van der Waals surface area (Å²) in [7, 11) is -9.81. The van der Waals surface area contributed by atoms with Gasteiger partial charge >= 0.3 is 16.4 Å². The summed E-state index contributed by atoms with van der Waals surface area (Å²) in [6, 6.07) is 5.99. The molecular formula is C19H16ClN7O14S5. The number of carbonyl (C=O) groups is 1. The van der Waals surface area contributed by atoms with E-state index >= 15 is 0 Å². The first kappa shape index (κ1) is 38.6. The van der Waals surface area contributed by atoms with E-state index in [2.05, 4.69) is 54.3 Å². The zero-order valence-electron chi connectivity index (χ0n) is 21.8. The average molecular weight is 762 g/mol. The molecule has 248 valence electrons. The number of nitrogens with one attached hydrogen (secondary N) is 1. The molecule has 46 heavy (non-hydrogen) atoms. The lowest BCUT2D eigenvalue weighted by molar-refractivity contribution is -0.432. The molecule has 0 radical (unpaired) electrons. The van der Waals surface area contributed by atoms with E-state index in [1.54, 1.807) is 6.11 Å². The van der Waals surface area contributed by atoms with Crippen LogP contribution >= 0.6 is 47.2 Å². The van der Waals surface area contributed by atoms with Gasteiger partial charge in [-0.15, -0.1) is 14.6 Å². The Labute approximate surface area is 275 Å². The van der Waals surface area contributed by atoms with Crippen LogP contribution in [-0.2, 0) is 43.9 Å². The second kappa shape index (κ2) is 17.4. The van der Waals surface area contributed by atoms with E-state index in [9.17, 15) is 26.2 Å². The van der Waals surface area contributed by atoms with Crippen LogP contribution in [0, 0.1) is 11.4 Å². The second-order valence-electron chi connectivity index (χ2n) is 7.34. The third kappa shape index (κ3) is 12.7. The minimum absolute atomic E-state index is 0. The summed E-state index contributed by atoms with van der Waals surface area (Å²) in [6.07, 6.45) is 1.77. The Balaban J connectivity index is 0.00000736. The Morgan fingerprint density at radius 3 is 2.46 bits per heavy atom. The van der Waals surface area contributed by atoms with Crippen molar-refractivity contribution >= 4 is 102 Å². The quantitative estimate of drug-likeness (QED) is 0.0201. The van der Waals surface area contributed by atoms with Gasteiger partial charge in [0.25, 0.3) is 10.1 Å². The van der Waals surface area contributed by atoms with Gasteiger partial charge in [0.2, 0.25) is 11.2 Å². The molecule has 0 fully saturated rings. The lowest BCUT2D eigenvalue weighted by atomic mass is 10.2. The van der Waals surface area contributed by atoms with Gasteiger partial charge in [-0.3, -0.25) is 18.8 Å². The van der Waals surface area contributed by atoms with Gasteiger partial charge in [0, 0.05) is 15.8 Å². The van der Waals surface area contributed by atoms with Gasteiger partial charge in [-0.2, -0.15) is 31.8 Å². The summed E-state index contributed by atoms with van der Waals surface area (Å²) in [5.41, 5.74) is 5.71. The molecule has 0 spiro atoms. The van der Waals surface area contributed by atoms with E-state index < -0.39 is 31.4 Å². The largest absolute Gasteiger partial charge is 0.481 e. The molecule has 0 saturated heterocycles. The number of nitrogens with two attached hydrogens (primary N) is 1. The van der Waals surface area contributed by atoms with Crippen molar-refractivity contribution in [3.63, 3.8) is 0 Å². The molecule has 0 aliphatic rings. The fourth-order valence-corrected chi connectivity index (χ4v) is 5.24. The Morgan fingerprint density at radius 2 is 1.80 bits per heavy atom. The van der Waals surface area contributed by atoms with Gasteiger partial charge in [-0.1, -0.05) is 16.8 Å². The van der Waals surface area contributed by atoms with E-state index in [0.717, 1.165) is 23.9 Å². The van der Waals surface area contributed by atoms with Crippen LogP contribution < -0.4 is 11.1 Å². The van der Waals surface area contributed by atoms with Gasteiger partial charge in [0.15, 0.2) is 11.3 Å². The van der Waals surface area contributed by atoms with Crippen molar-refractivity contribution in [1.82, 2.24) is 15.0 Å². The number of aliphatic carboxylic acids is 1. The van der Waals surface area contributed by atoms with Crippen molar-refractivity contribution < 1.29 is 65.2 Å². The molecule has 9 N–H and O–H groups in total. The van der Waals surface area contributed by atoms with Crippen LogP contribution in [0.25, 0.3) is 0 Å². The molecule has 0 atom stereocenters. The number of nitrogens with zero attached hydrogens (tertiary/aromatic N) is 5. The Morgan fingerprint density at radius 1 is 1.09 bits per heavy atom. The summed E-state index contributed by atoms with van der Waals surface area (Å²) < 4.78 is 71.2. The minimum atomic E-state index is -4.91. The molecular weight excluding hydrogens is 746 g/mol. The van der Waals surface area contributed by atoms with E-state index in [-0.39, 0.29) is 60.2 Å². The van der Waals surface area contributed by atoms with E-state index in [0.29, 0.717) is 23.8 Å². The van der Waals surface area contributed by atoms with Gasteiger partial charge in [0.1, 0.15) is 16.3 Å². The first-order valence-corrected chi connectivity index (χ1v) is 16.5. The van der Waals surface area contributed by atoms with Gasteiger partial charge < -0.3 is 21.6 Å². The van der Waals surface area contributed by atoms with Crippen molar-refractivity contribution in [3.05, 3.63) is 35.6 Å². The number of hydrogen-bond acceptors (Lipinski definition) is 20. The standard InChI is InChI=1S/C19H14ClN7O13S5.H2O/c20-17-23-18(25-19(24-17)42-8-16(28)29)22-12-6-10(21)14(43-39-38-30)7-13(12)27-26-11-2-1-9(5-15(11)44(31,32)33)41-4-3-37-40-45(34,35)36;/h1-2,5-7,30H,8,21H2,(H,28,29)(H,31,32,33)(H,34,35,36)(H,22,23,24,25);1H2. The molecule has 2 aromatic carbocycles. The molecule has 0 aliphatic carbocycles. The van der Waals surface area contributed by atoms with Crippen LogP contribution in [0.4, 0.5) is 28.7 Å². The predicted octanol–water partition coefficient (Wildman–Crippen LogP) is 3.05. The molecule has 3 rings (SSSR count). The molecule has 0 unspecified atom stereocenters. The first-order valence-electron chi connectivity index (χ1n) is 10.8. The highest BCUT2D eigenvalue weighted by atomic mass is 35.5. The molecule has 0 saturated carbocycles. The fraction of sp³-hybridized carbons (Fsp3) is 0.0526. The van der Waals surface area contributed by atoms with E-state index in [1.165, 1.54) is 18.2 Å². The topological polar surface area (TPSA) is 336 Å². The Bertz CT molecular complexity index is 1890. The Hall–Kier alpha value is -3.56. The van der Waals surface area contributed by atoms with Crippen LogP contribution in [0.5, 0.6) is 0 Å². The van der Waals surface area contributed by atoms with Crippen molar-refractivity contribution in [1.29, 1.82) is 0 Å². The molecule has 0 bridgehead atoms. The number of aromatic nitrogens is 3. The molecule has 3 aromatic rings. The highest BCUT2D eigenvalue weighted by Gasteiger charge is 2.18. The van der Waals surface area contributed by atoms with Crippen molar-refractivity contribution in [2.45, 2.75) is 19.8 Å². The highest BCUT2D eigenvalue weighted by molar-refractivity contribution is 8.04. The van der Waals surface area contributed by atoms with Crippen LogP contribution in [0.3, 0.4) is 0 Å². The van der Waals surface area contributed by atoms with Crippen LogP contribution in [0.1, 0.15) is 0 Å². The average Bonchev–Trinajstić information content (AvgIpc) is 2.94. The number of carboxylic acid groups (broad SMARTS) is 1. The number of hydrogen-bond donors (Lipinski definition) is 6. The molecule has 21 nitrogen and oxygen atoms in total. The summed E-state index contributed by atoms with van der Waals surface area (Å²) in [5.74, 6) is -1.67. The third-order valence-corrected chi connectivity index (χ3v) is 7.75. The normalized spacial score (nSPS) is 11.4. The van der Waals surface area contributed by atoms with Crippen LogP contribution in [0.15, 0.2) is 60.4 Å². The van der Waals surface area contributed by atoms with Gasteiger partial charge in [-0.25, -0.2) is 5.26 Å². The Kier molecular flexibility index (Phi) is 14.6. The summed E-state index contributed by atoms with van der Waals surface area (Å²) in [5, 5.41) is 33.6. The maximum Gasteiger partial charge on any atom is 0.433 e. The zero-order chi connectivity index (χ0) is 33.2. The van der Waals surface area contributed by atoms with E-state index in [1.807, 2.05) is 0 Å². The summed E-state index contributed by atoms with van der Waals surface area (Å²) >= 11 is 7.79. The molecule has 1 heterocycles.